The molecule has 1 heterocycles. The highest BCUT2D eigenvalue weighted by Gasteiger charge is 2.25. The number of benzene rings is 2. The van der Waals surface area contributed by atoms with Crippen LogP contribution in [0.3, 0.4) is 0 Å². The molecule has 2 N–H and O–H groups in total. The van der Waals surface area contributed by atoms with Gasteiger partial charge in [0, 0.05) is 17.6 Å². The molecule has 2 atom stereocenters. The first-order valence-electron chi connectivity index (χ1n) is 10.9. The lowest BCUT2D eigenvalue weighted by atomic mass is 10.1. The summed E-state index contributed by atoms with van der Waals surface area (Å²) in [7, 11) is 1.60. The third-order valence-electron chi connectivity index (χ3n) is 5.58. The van der Waals surface area contributed by atoms with Crippen molar-refractivity contribution in [1.82, 2.24) is 15.5 Å². The fourth-order valence-electron chi connectivity index (χ4n) is 3.79. The van der Waals surface area contributed by atoms with Gasteiger partial charge in [-0.1, -0.05) is 35.9 Å². The van der Waals surface area contributed by atoms with Gasteiger partial charge in [0.2, 0.25) is 11.8 Å². The largest absolute Gasteiger partial charge is 0.497 e. The van der Waals surface area contributed by atoms with Gasteiger partial charge in [0.05, 0.1) is 13.2 Å². The number of halogens is 1. The molecule has 0 radical (unpaired) electrons. The number of amides is 2. The maximum atomic E-state index is 12.6. The molecule has 1 fully saturated rings. The van der Waals surface area contributed by atoms with Crippen LogP contribution in [-0.2, 0) is 9.59 Å². The second kappa shape index (κ2) is 11.7. The van der Waals surface area contributed by atoms with Gasteiger partial charge in [0.1, 0.15) is 11.8 Å². The van der Waals surface area contributed by atoms with E-state index in [9.17, 15) is 9.59 Å². The van der Waals surface area contributed by atoms with Crippen molar-refractivity contribution in [2.24, 2.45) is 0 Å². The number of likely N-dealkylation sites (tertiary alicyclic amines) is 1. The lowest BCUT2D eigenvalue weighted by Crippen LogP contribution is -2.46. The number of hydrogen-bond acceptors (Lipinski definition) is 4. The molecular formula is C25H30ClN3O3. The van der Waals surface area contributed by atoms with E-state index in [1.807, 2.05) is 48.5 Å². The van der Waals surface area contributed by atoms with Gasteiger partial charge in [-0.3, -0.25) is 14.5 Å². The minimum absolute atomic E-state index is 0.0537. The first kappa shape index (κ1) is 23.8. The second-order valence-electron chi connectivity index (χ2n) is 7.90. The SMILES string of the molecule is COc1ccc(/C=C/C(=O)NC(C)C(=O)NCC(c2cccc(Cl)c2)N2CCCC2)cc1. The van der Waals surface area contributed by atoms with Crippen molar-refractivity contribution in [2.45, 2.75) is 31.8 Å². The topological polar surface area (TPSA) is 70.7 Å². The molecule has 6 nitrogen and oxygen atoms in total. The monoisotopic (exact) mass is 455 g/mol. The van der Waals surface area contributed by atoms with Crippen molar-refractivity contribution in [1.29, 1.82) is 0 Å². The summed E-state index contributed by atoms with van der Waals surface area (Å²) in [5.74, 6) is 0.207. The van der Waals surface area contributed by atoms with Crippen LogP contribution in [0.25, 0.3) is 6.08 Å². The van der Waals surface area contributed by atoms with Crippen LogP contribution in [-0.4, -0.2) is 49.5 Å². The fraction of sp³-hybridized carbons (Fsp3) is 0.360. The molecule has 32 heavy (non-hydrogen) atoms. The zero-order valence-electron chi connectivity index (χ0n) is 18.5. The number of nitrogens with zero attached hydrogens (tertiary/aromatic N) is 1. The van der Waals surface area contributed by atoms with Crippen molar-refractivity contribution in [3.63, 3.8) is 0 Å². The summed E-state index contributed by atoms with van der Waals surface area (Å²) in [5, 5.41) is 6.39. The van der Waals surface area contributed by atoms with Crippen LogP contribution in [0, 0.1) is 0 Å². The van der Waals surface area contributed by atoms with E-state index in [2.05, 4.69) is 15.5 Å². The molecule has 1 aliphatic heterocycles. The molecule has 0 aromatic heterocycles. The zero-order valence-corrected chi connectivity index (χ0v) is 19.3. The highest BCUT2D eigenvalue weighted by atomic mass is 35.5. The fourth-order valence-corrected chi connectivity index (χ4v) is 3.99. The van der Waals surface area contributed by atoms with Crippen molar-refractivity contribution < 1.29 is 14.3 Å². The molecule has 170 valence electrons. The van der Waals surface area contributed by atoms with Crippen LogP contribution >= 0.6 is 11.6 Å². The molecule has 3 rings (SSSR count). The number of carbonyl (C=O) groups excluding carboxylic acids is 2. The number of ether oxygens (including phenoxy) is 1. The molecule has 2 aromatic carbocycles. The Morgan fingerprint density at radius 2 is 1.88 bits per heavy atom. The van der Waals surface area contributed by atoms with Gasteiger partial charge in [-0.15, -0.1) is 0 Å². The Morgan fingerprint density at radius 3 is 2.53 bits per heavy atom. The van der Waals surface area contributed by atoms with Crippen molar-refractivity contribution in [2.75, 3.05) is 26.7 Å². The lowest BCUT2D eigenvalue weighted by Gasteiger charge is -2.29. The first-order valence-corrected chi connectivity index (χ1v) is 11.2. The van der Waals surface area contributed by atoms with E-state index >= 15 is 0 Å². The molecule has 0 bridgehead atoms. The van der Waals surface area contributed by atoms with E-state index in [1.54, 1.807) is 20.1 Å². The minimum atomic E-state index is -0.651. The van der Waals surface area contributed by atoms with Gasteiger partial charge in [-0.05, 0) is 74.3 Å². The molecule has 0 saturated carbocycles. The number of nitrogens with one attached hydrogen (secondary N) is 2. The maximum Gasteiger partial charge on any atom is 0.244 e. The predicted octanol–water partition coefficient (Wildman–Crippen LogP) is 3.82. The van der Waals surface area contributed by atoms with E-state index in [0.29, 0.717) is 11.6 Å². The van der Waals surface area contributed by atoms with E-state index in [0.717, 1.165) is 42.8 Å². The zero-order chi connectivity index (χ0) is 22.9. The molecular weight excluding hydrogens is 426 g/mol. The number of methoxy groups -OCH3 is 1. The highest BCUT2D eigenvalue weighted by Crippen LogP contribution is 2.26. The third kappa shape index (κ3) is 6.84. The van der Waals surface area contributed by atoms with Crippen LogP contribution in [0.4, 0.5) is 0 Å². The molecule has 2 amide bonds. The Hall–Kier alpha value is -2.83. The summed E-state index contributed by atoms with van der Waals surface area (Å²) in [6.07, 6.45) is 5.42. The normalized spacial score (nSPS) is 16.0. The molecule has 0 spiro atoms. The van der Waals surface area contributed by atoms with Crippen LogP contribution in [0.1, 0.15) is 36.9 Å². The van der Waals surface area contributed by atoms with Crippen molar-refractivity contribution in [3.05, 3.63) is 70.8 Å². The number of rotatable bonds is 9. The smallest absolute Gasteiger partial charge is 0.244 e. The summed E-state index contributed by atoms with van der Waals surface area (Å²) in [5.41, 5.74) is 1.95. The molecule has 1 saturated heterocycles. The molecule has 2 unspecified atom stereocenters. The number of carbonyl (C=O) groups is 2. The Labute approximate surface area is 194 Å². The summed E-state index contributed by atoms with van der Waals surface area (Å²) >= 11 is 6.19. The Balaban J connectivity index is 1.53. The van der Waals surface area contributed by atoms with Crippen molar-refractivity contribution >= 4 is 29.5 Å². The average Bonchev–Trinajstić information content (AvgIpc) is 3.32. The first-order chi connectivity index (χ1) is 15.5. The van der Waals surface area contributed by atoms with Crippen LogP contribution in [0.5, 0.6) is 5.75 Å². The standard InChI is InChI=1S/C25H30ClN3O3/c1-18(28-24(30)13-10-19-8-11-22(32-2)12-9-19)25(31)27-17-23(29-14-3-4-15-29)20-6-5-7-21(26)16-20/h5-13,16,18,23H,3-4,14-15,17H2,1-2H3,(H,27,31)(H,28,30)/b13-10+. The highest BCUT2D eigenvalue weighted by molar-refractivity contribution is 6.30. The Morgan fingerprint density at radius 1 is 1.16 bits per heavy atom. The maximum absolute atomic E-state index is 12.6. The van der Waals surface area contributed by atoms with Gasteiger partial charge < -0.3 is 15.4 Å². The molecule has 1 aliphatic rings. The van der Waals surface area contributed by atoms with Gasteiger partial charge in [-0.25, -0.2) is 0 Å². The summed E-state index contributed by atoms with van der Waals surface area (Å²) in [4.78, 5) is 27.2. The van der Waals surface area contributed by atoms with E-state index in [4.69, 9.17) is 16.3 Å². The van der Waals surface area contributed by atoms with Gasteiger partial charge in [-0.2, -0.15) is 0 Å². The summed E-state index contributed by atoms with van der Waals surface area (Å²) < 4.78 is 5.12. The van der Waals surface area contributed by atoms with E-state index in [-0.39, 0.29) is 17.9 Å². The minimum Gasteiger partial charge on any atom is -0.497 e. The van der Waals surface area contributed by atoms with Gasteiger partial charge in [0.15, 0.2) is 0 Å². The van der Waals surface area contributed by atoms with Crippen LogP contribution < -0.4 is 15.4 Å². The molecule has 0 aliphatic carbocycles. The predicted molar refractivity (Wildman–Crippen MR) is 128 cm³/mol. The van der Waals surface area contributed by atoms with Crippen molar-refractivity contribution in [3.8, 4) is 5.75 Å². The Bertz CT molecular complexity index is 940. The Kier molecular flexibility index (Phi) is 8.71. The van der Waals surface area contributed by atoms with E-state index < -0.39 is 6.04 Å². The average molecular weight is 456 g/mol. The third-order valence-corrected chi connectivity index (χ3v) is 5.81. The lowest BCUT2D eigenvalue weighted by molar-refractivity contribution is -0.126. The summed E-state index contributed by atoms with van der Waals surface area (Å²) in [6, 6.07) is 14.5. The molecule has 2 aromatic rings. The number of hydrogen-bond donors (Lipinski definition) is 2. The van der Waals surface area contributed by atoms with Crippen LogP contribution in [0.2, 0.25) is 5.02 Å². The quantitative estimate of drug-likeness (QED) is 0.564. The van der Waals surface area contributed by atoms with E-state index in [1.165, 1.54) is 6.08 Å². The summed E-state index contributed by atoms with van der Waals surface area (Å²) in [6.45, 7) is 4.13. The van der Waals surface area contributed by atoms with Gasteiger partial charge in [0.25, 0.3) is 0 Å². The van der Waals surface area contributed by atoms with Crippen LogP contribution in [0.15, 0.2) is 54.6 Å². The molecule has 7 heteroatoms. The van der Waals surface area contributed by atoms with Gasteiger partial charge >= 0.3 is 0 Å². The second-order valence-corrected chi connectivity index (χ2v) is 8.33.